The normalized spacial score (nSPS) is 11.2. The molecule has 0 aromatic carbocycles. The van der Waals surface area contributed by atoms with Gasteiger partial charge in [0.1, 0.15) is 5.52 Å². The number of hydrogen-bond acceptors (Lipinski definition) is 2. The molecule has 58 valence electrons. The predicted octanol–water partition coefficient (Wildman–Crippen LogP) is 2.55. The van der Waals surface area contributed by atoms with Crippen LogP contribution in [0.1, 0.15) is 16.4 Å². The van der Waals surface area contributed by atoms with E-state index in [0.717, 1.165) is 10.5 Å². The molecule has 1 N–H and O–H groups in total. The molecule has 3 heteroatoms. The molecule has 2 aromatic rings. The molecular formula is C8H10N2S. The Morgan fingerprint density at radius 3 is 2.55 bits per heavy atom. The first kappa shape index (κ1) is 6.85. The number of rotatable bonds is 0. The highest BCUT2D eigenvalue weighted by molar-refractivity contribution is 7.18. The van der Waals surface area contributed by atoms with Crippen molar-refractivity contribution in [3.63, 3.8) is 0 Å². The molecule has 2 heterocycles. The number of nitrogens with zero attached hydrogens (tertiary/aromatic N) is 1. The predicted molar refractivity (Wildman–Crippen MR) is 48.2 cm³/mol. The summed E-state index contributed by atoms with van der Waals surface area (Å²) >= 11 is 1.76. The standard InChI is InChI=1S/C8H10N2S/c1-4-7-8(5(2)9-4)11-6(3)10-7/h9H,1-3H3. The van der Waals surface area contributed by atoms with Gasteiger partial charge in [-0.05, 0) is 20.8 Å². The van der Waals surface area contributed by atoms with Crippen molar-refractivity contribution < 1.29 is 0 Å². The topological polar surface area (TPSA) is 28.7 Å². The Morgan fingerprint density at radius 1 is 1.18 bits per heavy atom. The number of H-pyrrole nitrogens is 1. The Balaban J connectivity index is 2.92. The molecule has 0 bridgehead atoms. The maximum Gasteiger partial charge on any atom is 0.102 e. The van der Waals surface area contributed by atoms with Crippen molar-refractivity contribution in [2.75, 3.05) is 0 Å². The van der Waals surface area contributed by atoms with Crippen LogP contribution in [0.25, 0.3) is 10.2 Å². The van der Waals surface area contributed by atoms with E-state index in [1.54, 1.807) is 11.3 Å². The van der Waals surface area contributed by atoms with Crippen molar-refractivity contribution in [2.24, 2.45) is 0 Å². The summed E-state index contributed by atoms with van der Waals surface area (Å²) in [6, 6.07) is 0. The lowest BCUT2D eigenvalue weighted by Crippen LogP contribution is -1.73. The van der Waals surface area contributed by atoms with Gasteiger partial charge in [0, 0.05) is 11.4 Å². The molecule has 2 rings (SSSR count). The highest BCUT2D eigenvalue weighted by Crippen LogP contribution is 2.26. The van der Waals surface area contributed by atoms with Crippen LogP contribution < -0.4 is 0 Å². The second-order valence-electron chi connectivity index (χ2n) is 2.79. The highest BCUT2D eigenvalue weighted by atomic mass is 32.1. The van der Waals surface area contributed by atoms with Gasteiger partial charge in [0.25, 0.3) is 0 Å². The smallest absolute Gasteiger partial charge is 0.102 e. The van der Waals surface area contributed by atoms with Crippen molar-refractivity contribution in [3.8, 4) is 0 Å². The summed E-state index contributed by atoms with van der Waals surface area (Å²) in [5.74, 6) is 0. The SMILES string of the molecule is Cc1nc2c(C)[nH]c(C)c2s1. The lowest BCUT2D eigenvalue weighted by atomic mass is 10.4. The van der Waals surface area contributed by atoms with Crippen molar-refractivity contribution in [1.82, 2.24) is 9.97 Å². The molecule has 0 aliphatic carbocycles. The molecule has 0 spiro atoms. The van der Waals surface area contributed by atoms with E-state index in [0.29, 0.717) is 0 Å². The third-order valence-corrected chi connectivity index (χ3v) is 2.90. The molecule has 2 nitrogen and oxygen atoms in total. The average Bonchev–Trinajstić information content (AvgIpc) is 2.38. The number of aryl methyl sites for hydroxylation is 3. The van der Waals surface area contributed by atoms with Crippen molar-refractivity contribution in [3.05, 3.63) is 16.4 Å². The Bertz CT molecular complexity index is 363. The van der Waals surface area contributed by atoms with E-state index in [9.17, 15) is 0 Å². The number of nitrogens with one attached hydrogen (secondary N) is 1. The van der Waals surface area contributed by atoms with E-state index in [1.807, 2.05) is 6.92 Å². The van der Waals surface area contributed by atoms with Gasteiger partial charge in [0.2, 0.25) is 0 Å². The van der Waals surface area contributed by atoms with Gasteiger partial charge in [-0.1, -0.05) is 0 Å². The molecule has 2 aromatic heterocycles. The zero-order valence-corrected chi connectivity index (χ0v) is 7.67. The number of thiazole rings is 1. The van der Waals surface area contributed by atoms with Gasteiger partial charge in [-0.25, -0.2) is 4.98 Å². The first-order chi connectivity index (χ1) is 5.18. The van der Waals surface area contributed by atoms with E-state index < -0.39 is 0 Å². The first-order valence-corrected chi connectivity index (χ1v) is 4.42. The van der Waals surface area contributed by atoms with Gasteiger partial charge in [0.15, 0.2) is 0 Å². The summed E-state index contributed by atoms with van der Waals surface area (Å²) in [4.78, 5) is 7.69. The van der Waals surface area contributed by atoms with Crippen LogP contribution in [0, 0.1) is 20.8 Å². The average molecular weight is 166 g/mol. The van der Waals surface area contributed by atoms with Gasteiger partial charge in [-0.3, -0.25) is 0 Å². The zero-order chi connectivity index (χ0) is 8.01. The maximum atomic E-state index is 4.42. The largest absolute Gasteiger partial charge is 0.360 e. The molecular weight excluding hydrogens is 156 g/mol. The molecule has 0 unspecified atom stereocenters. The summed E-state index contributed by atoms with van der Waals surface area (Å²) in [6.07, 6.45) is 0. The van der Waals surface area contributed by atoms with Crippen LogP contribution in [0.5, 0.6) is 0 Å². The lowest BCUT2D eigenvalue weighted by molar-refractivity contribution is 1.19. The molecule has 11 heavy (non-hydrogen) atoms. The molecule has 0 radical (unpaired) electrons. The quantitative estimate of drug-likeness (QED) is 0.640. The molecule has 0 atom stereocenters. The van der Waals surface area contributed by atoms with E-state index in [1.165, 1.54) is 16.1 Å². The summed E-state index contributed by atoms with van der Waals surface area (Å²) in [7, 11) is 0. The lowest BCUT2D eigenvalue weighted by Gasteiger charge is -1.82. The van der Waals surface area contributed by atoms with E-state index in [4.69, 9.17) is 0 Å². The van der Waals surface area contributed by atoms with Crippen LogP contribution in [0.3, 0.4) is 0 Å². The Morgan fingerprint density at radius 2 is 1.91 bits per heavy atom. The fourth-order valence-corrected chi connectivity index (χ4v) is 2.26. The van der Waals surface area contributed by atoms with Crippen LogP contribution >= 0.6 is 11.3 Å². The third kappa shape index (κ3) is 0.878. The Labute approximate surface area is 69.3 Å². The van der Waals surface area contributed by atoms with E-state index in [-0.39, 0.29) is 0 Å². The second-order valence-corrected chi connectivity index (χ2v) is 3.99. The van der Waals surface area contributed by atoms with Gasteiger partial charge < -0.3 is 4.98 Å². The summed E-state index contributed by atoms with van der Waals surface area (Å²) in [5.41, 5.74) is 3.56. The molecule has 0 amide bonds. The molecule has 0 fully saturated rings. The summed E-state index contributed by atoms with van der Waals surface area (Å²) < 4.78 is 1.31. The fraction of sp³-hybridized carbons (Fsp3) is 0.375. The monoisotopic (exact) mass is 166 g/mol. The first-order valence-electron chi connectivity index (χ1n) is 3.61. The number of aromatic amines is 1. The van der Waals surface area contributed by atoms with Crippen LogP contribution in [0.2, 0.25) is 0 Å². The maximum absolute atomic E-state index is 4.42. The van der Waals surface area contributed by atoms with Gasteiger partial charge in [0.05, 0.1) is 9.71 Å². The Kier molecular flexibility index (Phi) is 1.29. The minimum atomic E-state index is 1.14. The minimum absolute atomic E-state index is 1.14. The summed E-state index contributed by atoms with van der Waals surface area (Å²) in [5, 5.41) is 1.15. The Hall–Kier alpha value is -0.830. The number of hydrogen-bond donors (Lipinski definition) is 1. The molecule has 0 saturated carbocycles. The minimum Gasteiger partial charge on any atom is -0.360 e. The van der Waals surface area contributed by atoms with Crippen molar-refractivity contribution >= 4 is 21.6 Å². The van der Waals surface area contributed by atoms with Crippen LogP contribution in [-0.4, -0.2) is 9.97 Å². The fourth-order valence-electron chi connectivity index (χ4n) is 1.33. The number of fused-ring (bicyclic) bond motifs is 1. The third-order valence-electron chi connectivity index (χ3n) is 1.80. The van der Waals surface area contributed by atoms with Gasteiger partial charge in [-0.2, -0.15) is 0 Å². The molecule has 0 aliphatic heterocycles. The molecule has 0 aliphatic rings. The molecule has 0 saturated heterocycles. The van der Waals surface area contributed by atoms with Crippen molar-refractivity contribution in [1.29, 1.82) is 0 Å². The highest BCUT2D eigenvalue weighted by Gasteiger charge is 2.07. The second kappa shape index (κ2) is 2.08. The van der Waals surface area contributed by atoms with Gasteiger partial charge >= 0.3 is 0 Å². The van der Waals surface area contributed by atoms with Gasteiger partial charge in [-0.15, -0.1) is 11.3 Å². The van der Waals surface area contributed by atoms with E-state index >= 15 is 0 Å². The van der Waals surface area contributed by atoms with Crippen LogP contribution in [0.4, 0.5) is 0 Å². The van der Waals surface area contributed by atoms with E-state index in [2.05, 4.69) is 23.8 Å². The number of aromatic nitrogens is 2. The van der Waals surface area contributed by atoms with Crippen LogP contribution in [0.15, 0.2) is 0 Å². The van der Waals surface area contributed by atoms with Crippen LogP contribution in [-0.2, 0) is 0 Å². The zero-order valence-electron chi connectivity index (χ0n) is 6.86. The van der Waals surface area contributed by atoms with Crippen molar-refractivity contribution in [2.45, 2.75) is 20.8 Å². The summed E-state index contributed by atoms with van der Waals surface area (Å²) in [6.45, 7) is 6.20.